The molecule has 0 atom stereocenters. The summed E-state index contributed by atoms with van der Waals surface area (Å²) in [6, 6.07) is 50.8. The minimum absolute atomic E-state index is 1.11. The van der Waals surface area contributed by atoms with Crippen molar-refractivity contribution in [2.75, 3.05) is 0 Å². The van der Waals surface area contributed by atoms with Crippen LogP contribution >= 0.6 is 0 Å². The molecule has 6 rings (SSSR count). The monoisotopic (exact) mass is 1100 g/mol. The summed E-state index contributed by atoms with van der Waals surface area (Å²) in [4.78, 5) is 0. The third-order valence-corrected chi connectivity index (χ3v) is 11.6. The van der Waals surface area contributed by atoms with Crippen molar-refractivity contribution < 1.29 is 0 Å². The van der Waals surface area contributed by atoms with Crippen LogP contribution in [0.2, 0.25) is 0 Å². The van der Waals surface area contributed by atoms with Crippen LogP contribution in [-0.4, -0.2) is 0 Å². The van der Waals surface area contributed by atoms with Crippen molar-refractivity contribution in [3.8, 4) is 0 Å². The molecule has 6 aromatic rings. The third kappa shape index (κ3) is 53.4. The number of benzene rings is 6. The molecule has 0 aliphatic heterocycles. The number of unbranched alkanes of at least 4 members (excludes halogenated alkanes) is 3. The fourth-order valence-corrected chi connectivity index (χ4v) is 6.53. The summed E-state index contributed by atoms with van der Waals surface area (Å²) in [7, 11) is 0. The summed E-state index contributed by atoms with van der Waals surface area (Å²) in [6.07, 6.45) is 28.9. The van der Waals surface area contributed by atoms with Gasteiger partial charge in [-0.25, -0.2) is 0 Å². The van der Waals surface area contributed by atoms with Gasteiger partial charge in [0.1, 0.15) is 0 Å². The molecule has 0 heteroatoms. The van der Waals surface area contributed by atoms with Crippen LogP contribution in [0.5, 0.6) is 0 Å². The molecule has 0 aliphatic rings. The Morgan fingerprint density at radius 2 is 0.671 bits per heavy atom. The quantitative estimate of drug-likeness (QED) is 0.0560. The normalized spacial score (nSPS) is 8.94. The van der Waals surface area contributed by atoms with Gasteiger partial charge in [-0.05, 0) is 155 Å². The standard InChI is InChI=1S/C13H18.C12H16.C11H14.C10H12.2C9H10.C6H12.C5H10.C4H8.C3H6/c1-3-5-6-7-13-10-8-12(4-2)9-11-13;1-3-5-6-12-9-7-11(4-2)8-10-12;1-3-5-11-8-6-10(4-2)7-9-11;1-3-9-5-7-10(4-2)8-6-9;1-3-9-6-4-8(2)5-7-9;1-3-9-6-4-5-8(2)7-9;1-4-5-6(2)3;1-4-5(2)3;1-4(2)3;1-3-2/h4,8-11H,2-3,5-7H2,1H3;4,7-10H,2-3,5-6H2,1H3;4,6-9H,2-3,5H2,1H3;3,5-8H,1,4H2,2H3;2*3-7H,1H2,2H3;2,4-5H2,1,3H3;2,4H2,1,3H3;1H2,2-3H3;3H,1H2,2H3. The number of hydrogen-bond donors (Lipinski definition) is 0. The Hall–Kier alpha value is -7.28. The molecule has 0 amide bonds. The molecule has 0 aromatic heterocycles. The summed E-state index contributed by atoms with van der Waals surface area (Å²) in [5.74, 6) is 0. The minimum Gasteiger partial charge on any atom is -0.103 e. The van der Waals surface area contributed by atoms with E-state index in [2.05, 4.69) is 262 Å². The molecule has 0 fully saturated rings. The highest BCUT2D eigenvalue weighted by atomic mass is 14.0. The van der Waals surface area contributed by atoms with Gasteiger partial charge in [0.15, 0.2) is 0 Å². The van der Waals surface area contributed by atoms with Gasteiger partial charge in [0.2, 0.25) is 0 Å². The molecule has 0 heterocycles. The first kappa shape index (κ1) is 81.2. The average Bonchev–Trinajstić information content (AvgIpc) is 3.49. The first-order valence-corrected chi connectivity index (χ1v) is 30.0. The van der Waals surface area contributed by atoms with Gasteiger partial charge in [-0.15, -0.1) is 26.3 Å². The van der Waals surface area contributed by atoms with Crippen molar-refractivity contribution in [3.63, 3.8) is 0 Å². The van der Waals surface area contributed by atoms with Crippen molar-refractivity contribution in [1.82, 2.24) is 0 Å². The van der Waals surface area contributed by atoms with Crippen LogP contribution in [-0.2, 0) is 25.7 Å². The molecule has 0 aliphatic carbocycles. The Labute approximate surface area is 508 Å². The highest BCUT2D eigenvalue weighted by molar-refractivity contribution is 5.50. The van der Waals surface area contributed by atoms with Crippen molar-refractivity contribution in [2.24, 2.45) is 0 Å². The van der Waals surface area contributed by atoms with E-state index in [1.807, 2.05) is 76.3 Å². The fraction of sp³-hybridized carbons (Fsp3) is 0.317. The lowest BCUT2D eigenvalue weighted by molar-refractivity contribution is 0.717. The van der Waals surface area contributed by atoms with Gasteiger partial charge in [0.05, 0.1) is 0 Å². The Bertz CT molecular complexity index is 2530. The summed E-state index contributed by atoms with van der Waals surface area (Å²) in [5, 5.41) is 0. The molecule has 6 aromatic carbocycles. The van der Waals surface area contributed by atoms with E-state index in [0.29, 0.717) is 0 Å². The highest BCUT2D eigenvalue weighted by Gasteiger charge is 1.94. The molecular weight excluding hydrogens is 985 g/mol. The van der Waals surface area contributed by atoms with Crippen LogP contribution < -0.4 is 0 Å². The van der Waals surface area contributed by atoms with Crippen molar-refractivity contribution in [3.05, 3.63) is 301 Å². The number of aryl methyl sites for hydroxylation is 6. The van der Waals surface area contributed by atoms with Gasteiger partial charge >= 0.3 is 0 Å². The van der Waals surface area contributed by atoms with E-state index in [4.69, 9.17) is 0 Å². The molecule has 82 heavy (non-hydrogen) atoms. The summed E-state index contributed by atoms with van der Waals surface area (Å²) in [6.45, 7) is 63.7. The molecule has 0 spiro atoms. The van der Waals surface area contributed by atoms with E-state index in [1.165, 1.54) is 154 Å². The lowest BCUT2D eigenvalue weighted by Crippen LogP contribution is -1.84. The van der Waals surface area contributed by atoms with E-state index in [1.54, 1.807) is 6.08 Å². The molecule has 0 N–H and O–H groups in total. The van der Waals surface area contributed by atoms with E-state index in [-0.39, 0.29) is 0 Å². The van der Waals surface area contributed by atoms with Crippen LogP contribution in [0.25, 0.3) is 36.5 Å². The maximum absolute atomic E-state index is 3.74. The number of rotatable bonds is 19. The van der Waals surface area contributed by atoms with Gasteiger partial charge in [-0.3, -0.25) is 0 Å². The topological polar surface area (TPSA) is 0 Å². The molecule has 0 nitrogen and oxygen atoms in total. The fourth-order valence-electron chi connectivity index (χ4n) is 6.53. The molecule has 0 radical (unpaired) electrons. The Balaban J connectivity index is -0.000000422. The zero-order valence-electron chi connectivity index (χ0n) is 54.7. The molecule has 0 bridgehead atoms. The van der Waals surface area contributed by atoms with Crippen LogP contribution in [0.15, 0.2) is 234 Å². The van der Waals surface area contributed by atoms with Crippen LogP contribution in [0, 0.1) is 13.8 Å². The van der Waals surface area contributed by atoms with Gasteiger partial charge in [-0.1, -0.05) is 329 Å². The Morgan fingerprint density at radius 1 is 0.354 bits per heavy atom. The van der Waals surface area contributed by atoms with E-state index >= 15 is 0 Å². The first-order chi connectivity index (χ1) is 39.3. The lowest BCUT2D eigenvalue weighted by Gasteiger charge is -2.00. The maximum Gasteiger partial charge on any atom is -0.0260 e. The van der Waals surface area contributed by atoms with Crippen LogP contribution in [0.1, 0.15) is 201 Å². The summed E-state index contributed by atoms with van der Waals surface area (Å²) in [5.41, 5.74) is 19.1. The number of allylic oxidation sites excluding steroid dienone is 4. The summed E-state index contributed by atoms with van der Waals surface area (Å²) < 4.78 is 0. The molecule has 0 saturated heterocycles. The van der Waals surface area contributed by atoms with E-state index in [0.717, 1.165) is 12.8 Å². The van der Waals surface area contributed by atoms with Gasteiger partial charge in [0, 0.05) is 0 Å². The van der Waals surface area contributed by atoms with E-state index in [9.17, 15) is 0 Å². The van der Waals surface area contributed by atoms with Crippen LogP contribution in [0.4, 0.5) is 0 Å². The number of hydrogen-bond acceptors (Lipinski definition) is 0. The Morgan fingerprint density at radius 3 is 0.915 bits per heavy atom. The minimum atomic E-state index is 1.11. The van der Waals surface area contributed by atoms with E-state index < -0.39 is 0 Å². The molecule has 0 unspecified atom stereocenters. The van der Waals surface area contributed by atoms with Crippen molar-refractivity contribution in [2.45, 2.75) is 173 Å². The smallest absolute Gasteiger partial charge is 0.0260 e. The predicted octanol–water partition coefficient (Wildman–Crippen LogP) is 26.3. The second kappa shape index (κ2) is 58.4. The largest absolute Gasteiger partial charge is 0.103 e. The zero-order chi connectivity index (χ0) is 62.8. The van der Waals surface area contributed by atoms with Gasteiger partial charge in [-0.2, -0.15) is 0 Å². The van der Waals surface area contributed by atoms with Gasteiger partial charge < -0.3 is 0 Å². The predicted molar refractivity (Wildman–Crippen MR) is 385 cm³/mol. The van der Waals surface area contributed by atoms with Crippen molar-refractivity contribution >= 4 is 36.5 Å². The van der Waals surface area contributed by atoms with Crippen LogP contribution in [0.3, 0.4) is 0 Å². The van der Waals surface area contributed by atoms with Crippen molar-refractivity contribution in [1.29, 1.82) is 0 Å². The second-order valence-corrected chi connectivity index (χ2v) is 20.3. The van der Waals surface area contributed by atoms with Gasteiger partial charge in [0.25, 0.3) is 0 Å². The lowest BCUT2D eigenvalue weighted by atomic mass is 10.1. The summed E-state index contributed by atoms with van der Waals surface area (Å²) >= 11 is 0. The maximum atomic E-state index is 3.74. The molecule has 444 valence electrons. The second-order valence-electron chi connectivity index (χ2n) is 20.3. The molecular formula is C82H116. The first-order valence-electron chi connectivity index (χ1n) is 30.0. The Kier molecular flexibility index (Phi) is 57.8. The third-order valence-electron chi connectivity index (χ3n) is 11.6. The zero-order valence-corrected chi connectivity index (χ0v) is 54.7. The highest BCUT2D eigenvalue weighted by Crippen LogP contribution is 2.12. The molecule has 0 saturated carbocycles. The average molecular weight is 1100 g/mol. The SMILES string of the molecule is C=C(C)C.C=C(C)CC.C=C(C)CCC.C=CC.C=Cc1ccc(C)cc1.C=Cc1ccc(CC)cc1.C=Cc1ccc(CCC)cc1.C=Cc1ccc(CCCC)cc1.C=Cc1ccc(CCCCC)cc1.C=Cc1cccc(C)c1.